The van der Waals surface area contributed by atoms with E-state index in [0.717, 1.165) is 44.8 Å². The standard InChI is InChI=1S/C22H29N3O2.ClH/c1-19(18-20-8-4-2-5-9-20)25-14-12-24(13-15-25)16-17-27-22(26)23-21-10-6-3-7-11-21;/h2-11,19H,12-18H2,1H3,(H,23,26);1H. The number of ether oxygens (including phenoxy) is 1. The molecule has 0 spiro atoms. The molecular formula is C22H30ClN3O2. The minimum atomic E-state index is -0.379. The number of amides is 1. The molecule has 3 rings (SSSR count). The fourth-order valence-electron chi connectivity index (χ4n) is 3.58. The van der Waals surface area contributed by atoms with Crippen LogP contribution in [0.5, 0.6) is 0 Å². The van der Waals surface area contributed by atoms with E-state index in [1.165, 1.54) is 10.5 Å². The van der Waals surface area contributed by atoms with Crippen molar-refractivity contribution in [3.05, 3.63) is 66.2 Å². The van der Waals surface area contributed by atoms with Crippen molar-refractivity contribution in [2.24, 2.45) is 0 Å². The van der Waals surface area contributed by atoms with Gasteiger partial charge in [0.25, 0.3) is 0 Å². The Morgan fingerprint density at radius 2 is 1.68 bits per heavy atom. The Morgan fingerprint density at radius 3 is 2.32 bits per heavy atom. The SMILES string of the molecule is CC(Cc1ccccc1)N1CC[NH+](CCOC(=O)Nc2ccccc2)CC1.[Cl-]. The van der Waals surface area contributed by atoms with E-state index >= 15 is 0 Å². The van der Waals surface area contributed by atoms with Crippen molar-refractivity contribution in [1.82, 2.24) is 4.90 Å². The number of hydrogen-bond acceptors (Lipinski definition) is 3. The summed E-state index contributed by atoms with van der Waals surface area (Å²) in [7, 11) is 0. The second-order valence-electron chi connectivity index (χ2n) is 7.20. The summed E-state index contributed by atoms with van der Waals surface area (Å²) < 4.78 is 5.32. The summed E-state index contributed by atoms with van der Waals surface area (Å²) in [4.78, 5) is 15.9. The van der Waals surface area contributed by atoms with E-state index in [9.17, 15) is 4.79 Å². The Morgan fingerprint density at radius 1 is 1.07 bits per heavy atom. The maximum atomic E-state index is 11.8. The number of anilines is 1. The van der Waals surface area contributed by atoms with E-state index < -0.39 is 0 Å². The average Bonchev–Trinajstić information content (AvgIpc) is 2.70. The Balaban J connectivity index is 0.00000280. The van der Waals surface area contributed by atoms with Gasteiger partial charge in [0.1, 0.15) is 13.2 Å². The second kappa shape index (κ2) is 11.7. The highest BCUT2D eigenvalue weighted by Crippen LogP contribution is 2.09. The van der Waals surface area contributed by atoms with Gasteiger partial charge in [0.05, 0.1) is 13.1 Å². The van der Waals surface area contributed by atoms with Gasteiger partial charge in [-0.15, -0.1) is 0 Å². The lowest BCUT2D eigenvalue weighted by molar-refractivity contribution is -0.904. The number of benzene rings is 2. The summed E-state index contributed by atoms with van der Waals surface area (Å²) in [6.45, 7) is 8.02. The van der Waals surface area contributed by atoms with Crippen LogP contribution in [0.3, 0.4) is 0 Å². The van der Waals surface area contributed by atoms with Crippen LogP contribution in [-0.4, -0.2) is 56.4 Å². The van der Waals surface area contributed by atoms with Gasteiger partial charge >= 0.3 is 6.09 Å². The first-order valence-corrected chi connectivity index (χ1v) is 9.81. The molecule has 1 unspecified atom stereocenters. The number of carbonyl (C=O) groups is 1. The van der Waals surface area contributed by atoms with E-state index in [2.05, 4.69) is 47.5 Å². The van der Waals surface area contributed by atoms with E-state index in [1.807, 2.05) is 30.3 Å². The normalized spacial score (nSPS) is 16.0. The van der Waals surface area contributed by atoms with Gasteiger partial charge in [0.2, 0.25) is 0 Å². The number of piperazine rings is 1. The van der Waals surface area contributed by atoms with Crippen molar-refractivity contribution in [1.29, 1.82) is 0 Å². The fourth-order valence-corrected chi connectivity index (χ4v) is 3.58. The molecule has 0 bridgehead atoms. The monoisotopic (exact) mass is 403 g/mol. The molecule has 0 saturated carbocycles. The second-order valence-corrected chi connectivity index (χ2v) is 7.20. The van der Waals surface area contributed by atoms with E-state index in [4.69, 9.17) is 4.74 Å². The predicted octanol–water partition coefficient (Wildman–Crippen LogP) is -0.929. The summed E-state index contributed by atoms with van der Waals surface area (Å²) in [5, 5.41) is 2.75. The summed E-state index contributed by atoms with van der Waals surface area (Å²) in [5.74, 6) is 0. The van der Waals surface area contributed by atoms with Crippen LogP contribution in [0.1, 0.15) is 12.5 Å². The minimum absolute atomic E-state index is 0. The number of nitrogens with zero attached hydrogens (tertiary/aromatic N) is 1. The predicted molar refractivity (Wildman–Crippen MR) is 108 cm³/mol. The molecule has 2 aromatic carbocycles. The molecule has 1 fully saturated rings. The Kier molecular flexibility index (Phi) is 9.28. The van der Waals surface area contributed by atoms with Gasteiger partial charge in [0.15, 0.2) is 0 Å². The van der Waals surface area contributed by atoms with Crippen LogP contribution in [0.4, 0.5) is 10.5 Å². The molecular weight excluding hydrogens is 374 g/mol. The number of quaternary nitrogens is 1. The number of halogens is 1. The van der Waals surface area contributed by atoms with Crippen molar-refractivity contribution in [3.8, 4) is 0 Å². The van der Waals surface area contributed by atoms with Crippen LogP contribution in [0.25, 0.3) is 0 Å². The number of rotatable bonds is 7. The number of para-hydroxylation sites is 1. The van der Waals surface area contributed by atoms with Crippen LogP contribution in [0.2, 0.25) is 0 Å². The summed E-state index contributed by atoms with van der Waals surface area (Å²) in [6, 6.07) is 20.6. The first kappa shape index (κ1) is 22.2. The van der Waals surface area contributed by atoms with Gasteiger partial charge in [0, 0.05) is 24.8 Å². The third-order valence-electron chi connectivity index (χ3n) is 5.21. The Bertz CT molecular complexity index is 691. The van der Waals surface area contributed by atoms with Gasteiger partial charge in [-0.05, 0) is 31.0 Å². The van der Waals surface area contributed by atoms with Crippen molar-refractivity contribution < 1.29 is 26.8 Å². The lowest BCUT2D eigenvalue weighted by atomic mass is 10.1. The molecule has 1 saturated heterocycles. The highest BCUT2D eigenvalue weighted by molar-refractivity contribution is 5.84. The molecule has 0 aliphatic carbocycles. The first-order valence-electron chi connectivity index (χ1n) is 9.81. The third-order valence-corrected chi connectivity index (χ3v) is 5.21. The molecule has 2 aromatic rings. The zero-order valence-corrected chi connectivity index (χ0v) is 17.2. The van der Waals surface area contributed by atoms with Crippen molar-refractivity contribution in [2.75, 3.05) is 44.6 Å². The van der Waals surface area contributed by atoms with Gasteiger partial charge in [-0.3, -0.25) is 10.2 Å². The molecule has 152 valence electrons. The third kappa shape index (κ3) is 7.15. The minimum Gasteiger partial charge on any atom is -1.00 e. The van der Waals surface area contributed by atoms with E-state index in [1.54, 1.807) is 0 Å². The van der Waals surface area contributed by atoms with Crippen molar-refractivity contribution in [3.63, 3.8) is 0 Å². The van der Waals surface area contributed by atoms with E-state index in [0.29, 0.717) is 12.6 Å². The molecule has 5 nitrogen and oxygen atoms in total. The number of hydrogen-bond donors (Lipinski definition) is 2. The Hall–Kier alpha value is -2.08. The van der Waals surface area contributed by atoms with Gasteiger partial charge < -0.3 is 22.0 Å². The van der Waals surface area contributed by atoms with Crippen LogP contribution in [0, 0.1) is 0 Å². The molecule has 1 amide bonds. The smallest absolute Gasteiger partial charge is 0.411 e. The van der Waals surface area contributed by atoms with E-state index in [-0.39, 0.29) is 18.5 Å². The molecule has 1 heterocycles. The maximum absolute atomic E-state index is 11.8. The summed E-state index contributed by atoms with van der Waals surface area (Å²) >= 11 is 0. The van der Waals surface area contributed by atoms with Crippen molar-refractivity contribution in [2.45, 2.75) is 19.4 Å². The average molecular weight is 404 g/mol. The van der Waals surface area contributed by atoms with Gasteiger partial charge in [-0.25, -0.2) is 4.79 Å². The van der Waals surface area contributed by atoms with Gasteiger partial charge in [-0.1, -0.05) is 48.5 Å². The van der Waals surface area contributed by atoms with Crippen LogP contribution in [-0.2, 0) is 11.2 Å². The van der Waals surface area contributed by atoms with Gasteiger partial charge in [-0.2, -0.15) is 0 Å². The molecule has 0 aromatic heterocycles. The fraction of sp³-hybridized carbons (Fsp3) is 0.409. The Labute approximate surface area is 174 Å². The molecule has 0 radical (unpaired) electrons. The van der Waals surface area contributed by atoms with Crippen LogP contribution in [0.15, 0.2) is 60.7 Å². The summed E-state index contributed by atoms with van der Waals surface area (Å²) in [5.41, 5.74) is 2.16. The number of carbonyl (C=O) groups excluding carboxylic acids is 1. The molecule has 1 atom stereocenters. The molecule has 1 aliphatic rings. The zero-order chi connectivity index (χ0) is 18.9. The maximum Gasteiger partial charge on any atom is 0.411 e. The van der Waals surface area contributed by atoms with Crippen LogP contribution < -0.4 is 22.6 Å². The molecule has 28 heavy (non-hydrogen) atoms. The lowest BCUT2D eigenvalue weighted by Crippen LogP contribution is -3.15. The molecule has 1 aliphatic heterocycles. The highest BCUT2D eigenvalue weighted by atomic mass is 35.5. The lowest BCUT2D eigenvalue weighted by Gasteiger charge is -2.35. The quantitative estimate of drug-likeness (QED) is 0.628. The van der Waals surface area contributed by atoms with Crippen LogP contribution >= 0.6 is 0 Å². The largest absolute Gasteiger partial charge is 1.00 e. The van der Waals surface area contributed by atoms with Crippen molar-refractivity contribution >= 4 is 11.8 Å². The molecule has 6 heteroatoms. The first-order chi connectivity index (χ1) is 13.2. The zero-order valence-electron chi connectivity index (χ0n) is 16.4. The molecule has 2 N–H and O–H groups in total. The highest BCUT2D eigenvalue weighted by Gasteiger charge is 2.23. The topological polar surface area (TPSA) is 46.0 Å². The summed E-state index contributed by atoms with van der Waals surface area (Å²) in [6.07, 6.45) is 0.717. The number of nitrogens with one attached hydrogen (secondary N) is 2.